The molecular weight excluding hydrogens is 536 g/mol. The number of thioether (sulfide) groups is 2. The van der Waals surface area contributed by atoms with Gasteiger partial charge in [-0.25, -0.2) is 4.79 Å². The molecular formula is C20H30N4O9S3. The van der Waals surface area contributed by atoms with Crippen molar-refractivity contribution >= 4 is 63.8 Å². The van der Waals surface area contributed by atoms with Gasteiger partial charge >= 0.3 is 11.9 Å². The second-order valence-electron chi connectivity index (χ2n) is 7.91. The number of aliphatic carboxylic acids is 2. The van der Waals surface area contributed by atoms with Gasteiger partial charge in [0.25, 0.3) is 11.6 Å². The topological polar surface area (TPSA) is 203 Å². The van der Waals surface area contributed by atoms with E-state index >= 15 is 0 Å². The SMILES string of the molecule is CO[C@@]1(NC(=O)CCCC(N)C(=O)O)C(=O)N2C(C(=O)O)=C(CSC(=S)N(CCO)CCO)CS[C@H]21. The first kappa shape index (κ1) is 30.3. The summed E-state index contributed by atoms with van der Waals surface area (Å²) in [5.41, 5.74) is 3.94. The number of nitrogens with zero attached hydrogens (tertiary/aromatic N) is 2. The smallest absolute Gasteiger partial charge is 0.352 e. The van der Waals surface area contributed by atoms with Gasteiger partial charge in [-0.2, -0.15) is 0 Å². The molecule has 0 spiro atoms. The summed E-state index contributed by atoms with van der Waals surface area (Å²) >= 11 is 7.73. The van der Waals surface area contributed by atoms with Gasteiger partial charge in [0.1, 0.15) is 21.4 Å². The summed E-state index contributed by atoms with van der Waals surface area (Å²) in [6.07, 6.45) is 0.166. The Balaban J connectivity index is 2.11. The van der Waals surface area contributed by atoms with Crippen LogP contribution in [0.3, 0.4) is 0 Å². The highest BCUT2D eigenvalue weighted by molar-refractivity contribution is 8.23. The third kappa shape index (κ3) is 6.67. The second-order valence-corrected chi connectivity index (χ2v) is 10.6. The van der Waals surface area contributed by atoms with Crippen LogP contribution in [0.25, 0.3) is 0 Å². The highest BCUT2D eigenvalue weighted by atomic mass is 32.2. The summed E-state index contributed by atoms with van der Waals surface area (Å²) in [6, 6.07) is -1.10. The van der Waals surface area contributed by atoms with Crippen LogP contribution in [0, 0.1) is 0 Å². The minimum atomic E-state index is -1.75. The zero-order valence-electron chi connectivity index (χ0n) is 19.5. The number of aliphatic hydroxyl groups is 2. The zero-order valence-corrected chi connectivity index (χ0v) is 22.0. The highest BCUT2D eigenvalue weighted by Gasteiger charge is 2.66. The number of carbonyl (C=O) groups is 4. The largest absolute Gasteiger partial charge is 0.480 e. The summed E-state index contributed by atoms with van der Waals surface area (Å²) in [5.74, 6) is -3.36. The molecule has 0 aromatic rings. The molecule has 0 aliphatic carbocycles. The molecule has 1 saturated heterocycles. The fourth-order valence-electron chi connectivity index (χ4n) is 3.71. The lowest BCUT2D eigenvalue weighted by Crippen LogP contribution is -2.80. The molecule has 0 aromatic carbocycles. The number of hydrogen-bond acceptors (Lipinski definition) is 11. The first-order chi connectivity index (χ1) is 17.0. The molecule has 16 heteroatoms. The molecule has 2 heterocycles. The third-order valence-corrected chi connectivity index (χ3v) is 8.55. The number of methoxy groups -OCH3 is 1. The van der Waals surface area contributed by atoms with Crippen molar-refractivity contribution in [1.82, 2.24) is 15.1 Å². The predicted molar refractivity (Wildman–Crippen MR) is 136 cm³/mol. The van der Waals surface area contributed by atoms with Gasteiger partial charge in [0.2, 0.25) is 5.91 Å². The van der Waals surface area contributed by atoms with Gasteiger partial charge in [-0.05, 0) is 18.4 Å². The molecule has 0 radical (unpaired) electrons. The number of fused-ring (bicyclic) bond motifs is 1. The molecule has 2 rings (SSSR count). The summed E-state index contributed by atoms with van der Waals surface area (Å²) < 4.78 is 5.75. The monoisotopic (exact) mass is 566 g/mol. The van der Waals surface area contributed by atoms with Crippen molar-refractivity contribution < 1.29 is 44.3 Å². The fraction of sp³-hybridized carbons (Fsp3) is 0.650. The fourth-order valence-corrected chi connectivity index (χ4v) is 6.53. The van der Waals surface area contributed by atoms with Crippen molar-refractivity contribution in [3.8, 4) is 0 Å². The third-order valence-electron chi connectivity index (χ3n) is 5.56. The Bertz CT molecular complexity index is 913. The summed E-state index contributed by atoms with van der Waals surface area (Å²) in [6.45, 7) is 0.107. The quantitative estimate of drug-likeness (QED) is 0.0812. The van der Waals surface area contributed by atoms with Crippen molar-refractivity contribution in [3.63, 3.8) is 0 Å². The van der Waals surface area contributed by atoms with Crippen molar-refractivity contribution in [3.05, 3.63) is 11.3 Å². The average molecular weight is 567 g/mol. The van der Waals surface area contributed by atoms with Crippen molar-refractivity contribution in [2.45, 2.75) is 36.4 Å². The number of ether oxygens (including phenoxy) is 1. The maximum Gasteiger partial charge on any atom is 0.352 e. The van der Waals surface area contributed by atoms with Crippen LogP contribution >= 0.6 is 35.7 Å². The van der Waals surface area contributed by atoms with Crippen LogP contribution in [0.15, 0.2) is 11.3 Å². The Labute approximate surface area is 221 Å². The molecule has 202 valence electrons. The lowest BCUT2D eigenvalue weighted by atomic mass is 9.98. The number of rotatable bonds is 14. The van der Waals surface area contributed by atoms with Gasteiger partial charge in [-0.1, -0.05) is 24.0 Å². The molecule has 3 atom stereocenters. The maximum atomic E-state index is 13.1. The van der Waals surface area contributed by atoms with Crippen LogP contribution in [0.5, 0.6) is 0 Å². The van der Waals surface area contributed by atoms with E-state index in [1.165, 1.54) is 18.9 Å². The van der Waals surface area contributed by atoms with Gasteiger partial charge in [0.05, 0.1) is 13.2 Å². The van der Waals surface area contributed by atoms with Crippen LogP contribution in [0.2, 0.25) is 0 Å². The van der Waals surface area contributed by atoms with E-state index in [4.69, 9.17) is 27.8 Å². The number of nitrogens with one attached hydrogen (secondary N) is 1. The molecule has 0 bridgehead atoms. The van der Waals surface area contributed by atoms with Crippen LogP contribution in [0.1, 0.15) is 19.3 Å². The Morgan fingerprint density at radius 2 is 1.97 bits per heavy atom. The number of carboxylic acid groups (broad SMARTS) is 2. The van der Waals surface area contributed by atoms with Crippen LogP contribution in [-0.2, 0) is 23.9 Å². The lowest BCUT2D eigenvalue weighted by molar-refractivity contribution is -0.192. The predicted octanol–water partition coefficient (Wildman–Crippen LogP) is -1.41. The Kier molecular flexibility index (Phi) is 11.4. The average Bonchev–Trinajstić information content (AvgIpc) is 2.84. The van der Waals surface area contributed by atoms with Crippen molar-refractivity contribution in [2.24, 2.45) is 5.73 Å². The number of carboxylic acids is 2. The minimum Gasteiger partial charge on any atom is -0.480 e. The standard InChI is InChI=1S/C20H30N4O9S3/c1-33-20(22-13(27)4-2-3-12(21)15(28)29)17(32)24-14(16(30)31)11(9-35-18(20)24)10-36-19(34)23(5-7-25)6-8-26/h12,18,25-26H,2-10,21H2,1H3,(H,22,27)(H,28,29)(H,30,31)/t12?,18-,20-/m0/s1. The van der Waals surface area contributed by atoms with Gasteiger partial charge in [0, 0.05) is 38.1 Å². The first-order valence-corrected chi connectivity index (χ1v) is 13.4. The van der Waals surface area contributed by atoms with Gasteiger partial charge in [-0.3, -0.25) is 19.3 Å². The van der Waals surface area contributed by atoms with Gasteiger partial charge < -0.3 is 41.1 Å². The molecule has 1 fully saturated rings. The second kappa shape index (κ2) is 13.6. The molecule has 13 nitrogen and oxygen atoms in total. The number of β-lactam (4-membered cyclic amide) rings is 1. The minimum absolute atomic E-state index is 0.0732. The Hall–Kier alpha value is -1.95. The number of nitrogens with two attached hydrogens (primary N) is 1. The van der Waals surface area contributed by atoms with Crippen molar-refractivity contribution in [2.75, 3.05) is 44.9 Å². The molecule has 2 amide bonds. The first-order valence-electron chi connectivity index (χ1n) is 10.9. The van der Waals surface area contributed by atoms with E-state index < -0.39 is 40.9 Å². The Morgan fingerprint density at radius 1 is 1.33 bits per heavy atom. The molecule has 36 heavy (non-hydrogen) atoms. The number of hydrogen-bond donors (Lipinski definition) is 6. The van der Waals surface area contributed by atoms with E-state index in [9.17, 15) is 34.5 Å². The molecule has 0 saturated carbocycles. The van der Waals surface area contributed by atoms with E-state index in [1.807, 2.05) is 0 Å². The highest BCUT2D eigenvalue weighted by Crippen LogP contribution is 2.47. The van der Waals surface area contributed by atoms with E-state index in [-0.39, 0.29) is 62.8 Å². The van der Waals surface area contributed by atoms with Crippen LogP contribution < -0.4 is 11.1 Å². The molecule has 2 aliphatic rings. The summed E-state index contributed by atoms with van der Waals surface area (Å²) in [5, 5.41) is 38.8. The number of aliphatic hydroxyl groups excluding tert-OH is 2. The maximum absolute atomic E-state index is 13.1. The Morgan fingerprint density at radius 3 is 2.50 bits per heavy atom. The van der Waals surface area contributed by atoms with E-state index in [1.54, 1.807) is 4.90 Å². The molecule has 1 unspecified atom stereocenters. The number of amides is 2. The van der Waals surface area contributed by atoms with E-state index in [0.29, 0.717) is 9.89 Å². The van der Waals surface area contributed by atoms with E-state index in [2.05, 4.69) is 5.32 Å². The summed E-state index contributed by atoms with van der Waals surface area (Å²) in [7, 11) is 1.24. The van der Waals surface area contributed by atoms with E-state index in [0.717, 1.165) is 16.7 Å². The molecule has 2 aliphatic heterocycles. The van der Waals surface area contributed by atoms with Gasteiger partial charge in [0.15, 0.2) is 0 Å². The lowest BCUT2D eigenvalue weighted by Gasteiger charge is -2.55. The molecule has 7 N–H and O–H groups in total. The number of carbonyl (C=O) groups excluding carboxylic acids is 2. The molecule has 0 aromatic heterocycles. The van der Waals surface area contributed by atoms with Gasteiger partial charge in [-0.15, -0.1) is 11.8 Å². The van der Waals surface area contributed by atoms with Crippen LogP contribution in [-0.4, -0.2) is 120 Å². The summed E-state index contributed by atoms with van der Waals surface area (Å²) in [4.78, 5) is 51.2. The van der Waals surface area contributed by atoms with Crippen molar-refractivity contribution in [1.29, 1.82) is 0 Å². The number of thiocarbonyl (C=S) groups is 1. The zero-order chi connectivity index (χ0) is 27.0. The van der Waals surface area contributed by atoms with Crippen LogP contribution in [0.4, 0.5) is 0 Å². The normalized spacial score (nSPS) is 21.9.